The molecule has 3 saturated carbocycles. The van der Waals surface area contributed by atoms with E-state index in [0.29, 0.717) is 5.92 Å². The van der Waals surface area contributed by atoms with Gasteiger partial charge in [0.15, 0.2) is 0 Å². The molecule has 0 spiro atoms. The van der Waals surface area contributed by atoms with Crippen molar-refractivity contribution in [2.75, 3.05) is 0 Å². The van der Waals surface area contributed by atoms with Crippen molar-refractivity contribution in [2.45, 2.75) is 118 Å². The molecule has 0 radical (unpaired) electrons. The Balaban J connectivity index is 0.00000103. The average Bonchev–Trinajstić information content (AvgIpc) is 2.95. The predicted molar refractivity (Wildman–Crippen MR) is 153 cm³/mol. The van der Waals surface area contributed by atoms with E-state index in [-0.39, 0.29) is 0 Å². The van der Waals surface area contributed by atoms with E-state index in [9.17, 15) is 0 Å². The number of allylic oxidation sites excluding steroid dienone is 4. The molecule has 1 heteroatoms. The van der Waals surface area contributed by atoms with E-state index in [1.165, 1.54) is 82.6 Å². The van der Waals surface area contributed by atoms with Crippen LogP contribution in [-0.2, 0) is 0 Å². The van der Waals surface area contributed by atoms with Crippen LogP contribution in [0.2, 0.25) is 0 Å². The molecule has 194 valence electrons. The SMILES string of the molecule is CC.CC.CC1CCC(/C=C/C2CCC(/C=C/C3CCC(c4ccc(C#N)cc4)CC3)CC2)CC1. The van der Waals surface area contributed by atoms with E-state index in [1.807, 2.05) is 39.8 Å². The van der Waals surface area contributed by atoms with Crippen LogP contribution in [0, 0.1) is 40.9 Å². The summed E-state index contributed by atoms with van der Waals surface area (Å²) in [7, 11) is 0. The highest BCUT2D eigenvalue weighted by molar-refractivity contribution is 5.33. The summed E-state index contributed by atoms with van der Waals surface area (Å²) in [5.41, 5.74) is 2.20. The zero-order valence-corrected chi connectivity index (χ0v) is 23.5. The molecule has 1 nitrogen and oxygen atoms in total. The summed E-state index contributed by atoms with van der Waals surface area (Å²) < 4.78 is 0. The fraction of sp³-hybridized carbons (Fsp3) is 0.676. The molecule has 0 amide bonds. The highest BCUT2D eigenvalue weighted by Crippen LogP contribution is 2.38. The molecule has 4 rings (SSSR count). The molecule has 3 aliphatic carbocycles. The van der Waals surface area contributed by atoms with Gasteiger partial charge in [-0.3, -0.25) is 0 Å². The largest absolute Gasteiger partial charge is 0.192 e. The van der Waals surface area contributed by atoms with Crippen LogP contribution in [-0.4, -0.2) is 0 Å². The maximum Gasteiger partial charge on any atom is 0.0991 e. The van der Waals surface area contributed by atoms with Crippen molar-refractivity contribution < 1.29 is 0 Å². The number of hydrogen-bond donors (Lipinski definition) is 0. The van der Waals surface area contributed by atoms with Gasteiger partial charge in [0.2, 0.25) is 0 Å². The van der Waals surface area contributed by atoms with Crippen LogP contribution >= 0.6 is 0 Å². The first-order chi connectivity index (χ1) is 17.2. The lowest BCUT2D eigenvalue weighted by Crippen LogP contribution is -2.14. The van der Waals surface area contributed by atoms with E-state index in [0.717, 1.165) is 35.2 Å². The zero-order chi connectivity index (χ0) is 25.5. The highest BCUT2D eigenvalue weighted by Gasteiger charge is 2.23. The molecule has 3 fully saturated rings. The Morgan fingerprint density at radius 1 is 0.571 bits per heavy atom. The van der Waals surface area contributed by atoms with Crippen LogP contribution in [0.25, 0.3) is 0 Å². The Morgan fingerprint density at radius 2 is 0.914 bits per heavy atom. The zero-order valence-electron chi connectivity index (χ0n) is 23.5. The number of nitrogens with zero attached hydrogens (tertiary/aromatic N) is 1. The molecule has 1 aromatic rings. The first-order valence-corrected chi connectivity index (χ1v) is 15.1. The average molecular weight is 476 g/mol. The van der Waals surface area contributed by atoms with Gasteiger partial charge in [-0.25, -0.2) is 0 Å². The summed E-state index contributed by atoms with van der Waals surface area (Å²) in [5.74, 6) is 4.95. The second kappa shape index (κ2) is 16.8. The lowest BCUT2D eigenvalue weighted by atomic mass is 9.77. The van der Waals surface area contributed by atoms with Crippen LogP contribution in [0.1, 0.15) is 129 Å². The fourth-order valence-electron chi connectivity index (χ4n) is 6.11. The van der Waals surface area contributed by atoms with E-state index in [4.69, 9.17) is 5.26 Å². The molecular weight excluding hydrogens is 422 g/mol. The summed E-state index contributed by atoms with van der Waals surface area (Å²) in [6.45, 7) is 10.4. The molecule has 1 aromatic carbocycles. The van der Waals surface area contributed by atoms with Crippen molar-refractivity contribution in [3.63, 3.8) is 0 Å². The summed E-state index contributed by atoms with van der Waals surface area (Å²) >= 11 is 0. The molecule has 0 heterocycles. The molecule has 0 atom stereocenters. The summed E-state index contributed by atoms with van der Waals surface area (Å²) in [6, 6.07) is 10.5. The minimum Gasteiger partial charge on any atom is -0.192 e. The third-order valence-electron chi connectivity index (χ3n) is 8.47. The van der Waals surface area contributed by atoms with Gasteiger partial charge in [-0.1, -0.05) is 83.9 Å². The smallest absolute Gasteiger partial charge is 0.0991 e. The molecule has 0 aliphatic heterocycles. The number of hydrogen-bond acceptors (Lipinski definition) is 1. The van der Waals surface area contributed by atoms with Crippen LogP contribution in [0.4, 0.5) is 0 Å². The Bertz CT molecular complexity index is 756. The van der Waals surface area contributed by atoms with Gasteiger partial charge in [0, 0.05) is 0 Å². The van der Waals surface area contributed by atoms with Crippen molar-refractivity contribution in [2.24, 2.45) is 29.6 Å². The van der Waals surface area contributed by atoms with Gasteiger partial charge < -0.3 is 0 Å². The van der Waals surface area contributed by atoms with Crippen molar-refractivity contribution in [3.05, 3.63) is 59.7 Å². The van der Waals surface area contributed by atoms with Gasteiger partial charge in [0.25, 0.3) is 0 Å². The van der Waals surface area contributed by atoms with Gasteiger partial charge in [0.1, 0.15) is 0 Å². The normalized spacial score (nSPS) is 31.1. The molecule has 0 N–H and O–H groups in total. The second-order valence-electron chi connectivity index (χ2n) is 10.8. The van der Waals surface area contributed by atoms with Crippen molar-refractivity contribution >= 4 is 0 Å². The Hall–Kier alpha value is -1.81. The second-order valence-corrected chi connectivity index (χ2v) is 10.8. The van der Waals surface area contributed by atoms with Crippen molar-refractivity contribution in [1.29, 1.82) is 5.26 Å². The van der Waals surface area contributed by atoms with E-state index in [1.54, 1.807) is 0 Å². The minimum atomic E-state index is 0.687. The first kappa shape index (κ1) is 29.4. The summed E-state index contributed by atoms with van der Waals surface area (Å²) in [4.78, 5) is 0. The van der Waals surface area contributed by atoms with Crippen LogP contribution in [0.15, 0.2) is 48.6 Å². The quantitative estimate of drug-likeness (QED) is 0.388. The van der Waals surface area contributed by atoms with Crippen LogP contribution < -0.4 is 0 Å². The van der Waals surface area contributed by atoms with Gasteiger partial charge >= 0.3 is 0 Å². The molecule has 0 bridgehead atoms. The topological polar surface area (TPSA) is 23.8 Å². The number of nitriles is 1. The van der Waals surface area contributed by atoms with Crippen LogP contribution in [0.5, 0.6) is 0 Å². The Labute approximate surface area is 218 Å². The van der Waals surface area contributed by atoms with Gasteiger partial charge in [0.05, 0.1) is 11.6 Å². The maximum absolute atomic E-state index is 8.98. The predicted octanol–water partition coefficient (Wildman–Crippen LogP) is 10.6. The number of rotatable bonds is 5. The molecule has 0 unspecified atom stereocenters. The lowest BCUT2D eigenvalue weighted by molar-refractivity contribution is 0.324. The molecule has 35 heavy (non-hydrogen) atoms. The van der Waals surface area contributed by atoms with E-state index < -0.39 is 0 Å². The summed E-state index contributed by atoms with van der Waals surface area (Å²) in [5, 5.41) is 8.98. The number of benzene rings is 1. The third kappa shape index (κ3) is 9.99. The lowest BCUT2D eigenvalue weighted by Gasteiger charge is -2.29. The van der Waals surface area contributed by atoms with E-state index in [2.05, 4.69) is 49.4 Å². The fourth-order valence-corrected chi connectivity index (χ4v) is 6.11. The van der Waals surface area contributed by atoms with Gasteiger partial charge in [-0.2, -0.15) is 5.26 Å². The third-order valence-corrected chi connectivity index (χ3v) is 8.47. The first-order valence-electron chi connectivity index (χ1n) is 15.1. The highest BCUT2D eigenvalue weighted by atomic mass is 14.3. The monoisotopic (exact) mass is 475 g/mol. The van der Waals surface area contributed by atoms with E-state index >= 15 is 0 Å². The molecule has 0 saturated heterocycles. The Kier molecular flexibility index (Phi) is 14.1. The van der Waals surface area contributed by atoms with Crippen molar-refractivity contribution in [1.82, 2.24) is 0 Å². The van der Waals surface area contributed by atoms with Crippen LogP contribution in [0.3, 0.4) is 0 Å². The molecule has 3 aliphatic rings. The standard InChI is InChI=1S/C30H41N.2C2H6/c1-23-2-4-24(5-3-23)6-7-25-8-10-26(11-9-25)12-13-27-14-18-29(19-15-27)30-20-16-28(22-31)17-21-30;2*1-2/h6-7,12-13,16-17,20-21,23-27,29H,2-5,8-11,14-15,18-19H2,1H3;2*1-2H3/b7-6+,13-12+;;. The van der Waals surface area contributed by atoms with Crippen molar-refractivity contribution in [3.8, 4) is 6.07 Å². The Morgan fingerprint density at radius 3 is 1.29 bits per heavy atom. The maximum atomic E-state index is 8.98. The molecule has 0 aromatic heterocycles. The minimum absolute atomic E-state index is 0.687. The summed E-state index contributed by atoms with van der Waals surface area (Å²) in [6.07, 6.45) is 26.8. The van der Waals surface area contributed by atoms with Gasteiger partial charge in [-0.05, 0) is 117 Å². The molecular formula is C34H53N. The van der Waals surface area contributed by atoms with Gasteiger partial charge in [-0.15, -0.1) is 0 Å².